The maximum Gasteiger partial charge on any atom is 0.243 e. The molecular weight excluding hydrogens is 347 g/mol. The number of carbonyl (C=O) groups excluding carboxylic acids is 2. The fourth-order valence-corrected chi connectivity index (χ4v) is 3.04. The summed E-state index contributed by atoms with van der Waals surface area (Å²) in [7, 11) is 0. The molecule has 0 heterocycles. The van der Waals surface area contributed by atoms with Crippen LogP contribution in [-0.4, -0.2) is 18.4 Å². The molecule has 2 aromatic rings. The van der Waals surface area contributed by atoms with Gasteiger partial charge in [-0.3, -0.25) is 9.59 Å². The number of halogens is 2. The van der Waals surface area contributed by atoms with E-state index in [1.807, 2.05) is 24.3 Å². The summed E-state index contributed by atoms with van der Waals surface area (Å²) in [5.41, 5.74) is 1.63. The SMILES string of the molecule is O=C(CNC(=O)C1CC1c1ccccc1Cl)Nc1ccc(Cl)cc1. The summed E-state index contributed by atoms with van der Waals surface area (Å²) < 4.78 is 0. The third-order valence-electron chi connectivity index (χ3n) is 3.98. The first-order chi connectivity index (χ1) is 11.5. The zero-order valence-electron chi connectivity index (χ0n) is 12.8. The molecule has 1 aliphatic rings. The van der Waals surface area contributed by atoms with Crippen molar-refractivity contribution < 1.29 is 9.59 Å². The van der Waals surface area contributed by atoms with Crippen LogP contribution in [0.1, 0.15) is 17.9 Å². The molecular formula is C18H16Cl2N2O2. The molecule has 2 aromatic carbocycles. The Morgan fingerprint density at radius 1 is 1.04 bits per heavy atom. The Labute approximate surface area is 150 Å². The largest absolute Gasteiger partial charge is 0.347 e. The van der Waals surface area contributed by atoms with E-state index in [0.29, 0.717) is 15.7 Å². The van der Waals surface area contributed by atoms with Crippen LogP contribution in [0.5, 0.6) is 0 Å². The highest BCUT2D eigenvalue weighted by atomic mass is 35.5. The van der Waals surface area contributed by atoms with Crippen LogP contribution in [0.4, 0.5) is 5.69 Å². The molecule has 124 valence electrons. The molecule has 1 aliphatic carbocycles. The standard InChI is InChI=1S/C18H16Cl2N2O2/c19-11-5-7-12(8-6-11)22-17(23)10-21-18(24)15-9-14(15)13-3-1-2-4-16(13)20/h1-8,14-15H,9-10H2,(H,21,24)(H,22,23). The van der Waals surface area contributed by atoms with Crippen LogP contribution >= 0.6 is 23.2 Å². The number of carbonyl (C=O) groups is 2. The average Bonchev–Trinajstić information content (AvgIpc) is 3.36. The van der Waals surface area contributed by atoms with E-state index in [9.17, 15) is 9.59 Å². The van der Waals surface area contributed by atoms with Crippen molar-refractivity contribution in [2.75, 3.05) is 11.9 Å². The number of rotatable bonds is 5. The van der Waals surface area contributed by atoms with Crippen molar-refractivity contribution in [3.63, 3.8) is 0 Å². The van der Waals surface area contributed by atoms with Crippen LogP contribution in [0.15, 0.2) is 48.5 Å². The molecule has 0 radical (unpaired) electrons. The molecule has 1 saturated carbocycles. The summed E-state index contributed by atoms with van der Waals surface area (Å²) in [6, 6.07) is 14.3. The zero-order valence-corrected chi connectivity index (χ0v) is 14.3. The van der Waals surface area contributed by atoms with Gasteiger partial charge in [-0.1, -0.05) is 41.4 Å². The summed E-state index contributed by atoms with van der Waals surface area (Å²) >= 11 is 11.9. The van der Waals surface area contributed by atoms with Crippen molar-refractivity contribution in [2.45, 2.75) is 12.3 Å². The summed E-state index contributed by atoms with van der Waals surface area (Å²) in [5.74, 6) is -0.377. The van der Waals surface area contributed by atoms with Gasteiger partial charge < -0.3 is 10.6 Å². The summed E-state index contributed by atoms with van der Waals surface area (Å²) in [6.07, 6.45) is 0.758. The number of hydrogen-bond donors (Lipinski definition) is 2. The minimum absolute atomic E-state index is 0.0623. The van der Waals surface area contributed by atoms with Gasteiger partial charge in [-0.05, 0) is 48.2 Å². The van der Waals surface area contributed by atoms with Crippen LogP contribution in [0.25, 0.3) is 0 Å². The Morgan fingerprint density at radius 2 is 1.75 bits per heavy atom. The monoisotopic (exact) mass is 362 g/mol. The van der Waals surface area contributed by atoms with E-state index in [4.69, 9.17) is 23.2 Å². The number of benzene rings is 2. The maximum absolute atomic E-state index is 12.2. The van der Waals surface area contributed by atoms with Gasteiger partial charge in [0.05, 0.1) is 6.54 Å². The van der Waals surface area contributed by atoms with E-state index in [-0.39, 0.29) is 30.2 Å². The Bertz CT molecular complexity index is 762. The first-order valence-electron chi connectivity index (χ1n) is 7.62. The first-order valence-corrected chi connectivity index (χ1v) is 8.38. The molecule has 2 unspecified atom stereocenters. The van der Waals surface area contributed by atoms with Crippen molar-refractivity contribution in [2.24, 2.45) is 5.92 Å². The Hall–Kier alpha value is -2.04. The fourth-order valence-electron chi connectivity index (χ4n) is 2.64. The molecule has 0 saturated heterocycles. The molecule has 2 atom stereocenters. The lowest BCUT2D eigenvalue weighted by Gasteiger charge is -2.07. The van der Waals surface area contributed by atoms with Crippen LogP contribution in [0.2, 0.25) is 10.0 Å². The normalized spacial score (nSPS) is 18.8. The minimum atomic E-state index is -0.277. The van der Waals surface area contributed by atoms with E-state index in [0.717, 1.165) is 12.0 Å². The molecule has 0 bridgehead atoms. The number of nitrogens with one attached hydrogen (secondary N) is 2. The second-order valence-electron chi connectivity index (χ2n) is 5.74. The van der Waals surface area contributed by atoms with Crippen LogP contribution in [0, 0.1) is 5.92 Å². The van der Waals surface area contributed by atoms with Gasteiger partial charge in [0.1, 0.15) is 0 Å². The molecule has 0 aliphatic heterocycles. The zero-order chi connectivity index (χ0) is 17.1. The number of hydrogen-bond acceptors (Lipinski definition) is 2. The lowest BCUT2D eigenvalue weighted by atomic mass is 10.1. The Morgan fingerprint density at radius 3 is 2.46 bits per heavy atom. The molecule has 0 spiro atoms. The second-order valence-corrected chi connectivity index (χ2v) is 6.59. The molecule has 3 rings (SSSR count). The maximum atomic E-state index is 12.2. The van der Waals surface area contributed by atoms with Gasteiger partial charge >= 0.3 is 0 Å². The minimum Gasteiger partial charge on any atom is -0.347 e. The van der Waals surface area contributed by atoms with Crippen molar-refractivity contribution in [1.82, 2.24) is 5.32 Å². The quantitative estimate of drug-likeness (QED) is 0.848. The number of amides is 2. The third kappa shape index (κ3) is 4.08. The molecule has 2 amide bonds. The predicted octanol–water partition coefficient (Wildman–Crippen LogP) is 3.85. The van der Waals surface area contributed by atoms with Crippen LogP contribution < -0.4 is 10.6 Å². The van der Waals surface area contributed by atoms with E-state index in [1.54, 1.807) is 24.3 Å². The predicted molar refractivity (Wildman–Crippen MR) is 95.4 cm³/mol. The highest BCUT2D eigenvalue weighted by Crippen LogP contribution is 2.49. The topological polar surface area (TPSA) is 58.2 Å². The Kier molecular flexibility index (Phi) is 5.07. The van der Waals surface area contributed by atoms with E-state index < -0.39 is 0 Å². The van der Waals surface area contributed by atoms with Crippen LogP contribution in [0.3, 0.4) is 0 Å². The van der Waals surface area contributed by atoms with Crippen molar-refractivity contribution >= 4 is 40.7 Å². The Balaban J connectivity index is 1.47. The van der Waals surface area contributed by atoms with Crippen molar-refractivity contribution in [3.8, 4) is 0 Å². The van der Waals surface area contributed by atoms with Gasteiger partial charge in [0.25, 0.3) is 0 Å². The summed E-state index contributed by atoms with van der Waals surface area (Å²) in [4.78, 5) is 24.0. The first kappa shape index (κ1) is 16.8. The van der Waals surface area contributed by atoms with Gasteiger partial charge in [0.2, 0.25) is 11.8 Å². The van der Waals surface area contributed by atoms with Gasteiger partial charge in [-0.15, -0.1) is 0 Å². The molecule has 2 N–H and O–H groups in total. The lowest BCUT2D eigenvalue weighted by molar-refractivity contribution is -0.125. The molecule has 1 fully saturated rings. The van der Waals surface area contributed by atoms with E-state index in [2.05, 4.69) is 10.6 Å². The third-order valence-corrected chi connectivity index (χ3v) is 4.58. The highest BCUT2D eigenvalue weighted by molar-refractivity contribution is 6.31. The molecule has 0 aromatic heterocycles. The van der Waals surface area contributed by atoms with E-state index >= 15 is 0 Å². The molecule has 24 heavy (non-hydrogen) atoms. The van der Waals surface area contributed by atoms with Crippen molar-refractivity contribution in [3.05, 3.63) is 64.1 Å². The van der Waals surface area contributed by atoms with E-state index in [1.165, 1.54) is 0 Å². The molecule has 6 heteroatoms. The smallest absolute Gasteiger partial charge is 0.243 e. The second kappa shape index (κ2) is 7.24. The summed E-state index contributed by atoms with van der Waals surface area (Å²) in [6.45, 7) is -0.0623. The van der Waals surface area contributed by atoms with Crippen molar-refractivity contribution in [1.29, 1.82) is 0 Å². The van der Waals surface area contributed by atoms with Gasteiger partial charge in [0.15, 0.2) is 0 Å². The number of anilines is 1. The highest BCUT2D eigenvalue weighted by Gasteiger charge is 2.44. The van der Waals surface area contributed by atoms with Crippen LogP contribution in [-0.2, 0) is 9.59 Å². The fraction of sp³-hybridized carbons (Fsp3) is 0.222. The lowest BCUT2D eigenvalue weighted by Crippen LogP contribution is -2.34. The molecule has 4 nitrogen and oxygen atoms in total. The summed E-state index contributed by atoms with van der Waals surface area (Å²) in [5, 5.41) is 6.65. The van der Waals surface area contributed by atoms with Gasteiger partial charge in [-0.25, -0.2) is 0 Å². The van der Waals surface area contributed by atoms with Gasteiger partial charge in [-0.2, -0.15) is 0 Å². The van der Waals surface area contributed by atoms with Gasteiger partial charge in [0, 0.05) is 21.7 Å². The average molecular weight is 363 g/mol.